The number of benzene rings is 1. The van der Waals surface area contributed by atoms with E-state index in [0.717, 1.165) is 0 Å². The van der Waals surface area contributed by atoms with Crippen LogP contribution in [0.4, 0.5) is 0 Å². The third-order valence-corrected chi connectivity index (χ3v) is 5.53. The number of carbonyl (C=O) groups excluding carboxylic acids is 1. The lowest BCUT2D eigenvalue weighted by molar-refractivity contribution is -0.119. The second-order valence-corrected chi connectivity index (χ2v) is 8.00. The molecule has 0 bridgehead atoms. The molecule has 120 valence electrons. The van der Waals surface area contributed by atoms with Gasteiger partial charge in [0, 0.05) is 17.4 Å². The van der Waals surface area contributed by atoms with Crippen LogP contribution in [0.15, 0.2) is 27.6 Å². The summed E-state index contributed by atoms with van der Waals surface area (Å²) in [4.78, 5) is 22.1. The van der Waals surface area contributed by atoms with Gasteiger partial charge in [-0.3, -0.25) is 4.79 Å². The highest BCUT2D eigenvalue weighted by molar-refractivity contribution is 9.10. The third kappa shape index (κ3) is 3.65. The summed E-state index contributed by atoms with van der Waals surface area (Å²) in [5.74, 6) is -1.25. The van der Waals surface area contributed by atoms with Crippen LogP contribution in [-0.2, 0) is 14.8 Å². The van der Waals surface area contributed by atoms with Crippen molar-refractivity contribution >= 4 is 37.8 Å². The maximum absolute atomic E-state index is 12.3. The number of hydrogen-bond donors (Lipinski definition) is 3. The molecule has 1 unspecified atom stereocenters. The quantitative estimate of drug-likeness (QED) is 0.696. The monoisotopic (exact) mass is 390 g/mol. The summed E-state index contributed by atoms with van der Waals surface area (Å²) in [7, 11) is -3.79. The van der Waals surface area contributed by atoms with Crippen LogP contribution < -0.4 is 10.0 Å². The van der Waals surface area contributed by atoms with Gasteiger partial charge in [-0.15, -0.1) is 0 Å². The van der Waals surface area contributed by atoms with E-state index in [1.807, 2.05) is 0 Å². The predicted octanol–water partition coefficient (Wildman–Crippen LogP) is 1.09. The van der Waals surface area contributed by atoms with Crippen molar-refractivity contribution in [2.24, 2.45) is 0 Å². The summed E-state index contributed by atoms with van der Waals surface area (Å²) in [6.07, 6.45) is 0.924. The molecule has 0 spiro atoms. The lowest BCUT2D eigenvalue weighted by atomic mass is 10.0. The zero-order valence-electron chi connectivity index (χ0n) is 11.7. The SMILES string of the molecule is CC1(CNS(=O)(=O)c2ccc(C(=O)O)c(Br)c2)CCC(=O)N1. The molecule has 3 N–H and O–H groups in total. The number of nitrogens with one attached hydrogen (secondary N) is 2. The topological polar surface area (TPSA) is 113 Å². The first-order valence-corrected chi connectivity index (χ1v) is 8.74. The van der Waals surface area contributed by atoms with E-state index in [4.69, 9.17) is 5.11 Å². The molecule has 1 aromatic carbocycles. The van der Waals surface area contributed by atoms with Gasteiger partial charge in [0.25, 0.3) is 0 Å². The van der Waals surface area contributed by atoms with Gasteiger partial charge in [0.15, 0.2) is 0 Å². The lowest BCUT2D eigenvalue weighted by Gasteiger charge is -2.24. The van der Waals surface area contributed by atoms with Crippen molar-refractivity contribution in [1.82, 2.24) is 10.0 Å². The average molecular weight is 391 g/mol. The van der Waals surface area contributed by atoms with Gasteiger partial charge in [-0.05, 0) is 47.5 Å². The highest BCUT2D eigenvalue weighted by Crippen LogP contribution is 2.23. The number of hydrogen-bond acceptors (Lipinski definition) is 4. The molecule has 7 nitrogen and oxygen atoms in total. The Morgan fingerprint density at radius 1 is 1.50 bits per heavy atom. The predicted molar refractivity (Wildman–Crippen MR) is 82.1 cm³/mol. The van der Waals surface area contributed by atoms with Crippen molar-refractivity contribution in [2.45, 2.75) is 30.2 Å². The van der Waals surface area contributed by atoms with Gasteiger partial charge in [-0.1, -0.05) is 0 Å². The van der Waals surface area contributed by atoms with Gasteiger partial charge in [-0.25, -0.2) is 17.9 Å². The zero-order valence-corrected chi connectivity index (χ0v) is 14.1. The van der Waals surface area contributed by atoms with Gasteiger partial charge >= 0.3 is 5.97 Å². The number of aromatic carboxylic acids is 1. The smallest absolute Gasteiger partial charge is 0.336 e. The normalized spacial score (nSPS) is 21.6. The lowest BCUT2D eigenvalue weighted by Crippen LogP contribution is -2.48. The van der Waals surface area contributed by atoms with Crippen molar-refractivity contribution in [3.8, 4) is 0 Å². The van der Waals surface area contributed by atoms with Gasteiger partial charge < -0.3 is 10.4 Å². The molecule has 9 heteroatoms. The minimum Gasteiger partial charge on any atom is -0.478 e. The molecule has 22 heavy (non-hydrogen) atoms. The Kier molecular flexibility index (Phi) is 4.59. The minimum atomic E-state index is -3.79. The molecular formula is C13H15BrN2O5S. The second-order valence-electron chi connectivity index (χ2n) is 5.38. The molecule has 1 aliphatic rings. The van der Waals surface area contributed by atoms with Crippen LogP contribution in [0.5, 0.6) is 0 Å². The third-order valence-electron chi connectivity index (χ3n) is 3.48. The van der Waals surface area contributed by atoms with Crippen LogP contribution in [0.1, 0.15) is 30.1 Å². The Balaban J connectivity index is 2.15. The van der Waals surface area contributed by atoms with Gasteiger partial charge in [0.1, 0.15) is 0 Å². The Bertz CT molecular complexity index is 734. The van der Waals surface area contributed by atoms with Crippen molar-refractivity contribution in [3.63, 3.8) is 0 Å². The highest BCUT2D eigenvalue weighted by Gasteiger charge is 2.34. The summed E-state index contributed by atoms with van der Waals surface area (Å²) in [6.45, 7) is 1.84. The van der Waals surface area contributed by atoms with Crippen molar-refractivity contribution < 1.29 is 23.1 Å². The number of carboxylic acids is 1. The molecule has 0 radical (unpaired) electrons. The number of carboxylic acid groups (broad SMARTS) is 1. The first kappa shape index (κ1) is 16.9. The van der Waals surface area contributed by atoms with E-state index in [-0.39, 0.29) is 27.4 Å². The number of sulfonamides is 1. The van der Waals surface area contributed by atoms with E-state index in [1.165, 1.54) is 18.2 Å². The maximum Gasteiger partial charge on any atom is 0.336 e. The van der Waals surface area contributed by atoms with Crippen LogP contribution in [0.3, 0.4) is 0 Å². The average Bonchev–Trinajstić information content (AvgIpc) is 2.76. The van der Waals surface area contributed by atoms with Gasteiger partial charge in [-0.2, -0.15) is 0 Å². The fourth-order valence-corrected chi connectivity index (χ4v) is 4.05. The largest absolute Gasteiger partial charge is 0.478 e. The van der Waals surface area contributed by atoms with E-state index >= 15 is 0 Å². The zero-order chi connectivity index (χ0) is 16.5. The van der Waals surface area contributed by atoms with E-state index in [1.54, 1.807) is 6.92 Å². The first-order chi connectivity index (χ1) is 10.1. The summed E-state index contributed by atoms with van der Waals surface area (Å²) in [5.41, 5.74) is -0.628. The molecule has 2 rings (SSSR count). The molecule has 1 heterocycles. The fourth-order valence-electron chi connectivity index (χ4n) is 2.16. The highest BCUT2D eigenvalue weighted by atomic mass is 79.9. The van der Waals surface area contributed by atoms with Crippen LogP contribution in [0.2, 0.25) is 0 Å². The fraction of sp³-hybridized carbons (Fsp3) is 0.385. The molecule has 1 amide bonds. The summed E-state index contributed by atoms with van der Waals surface area (Å²) in [5, 5.41) is 11.7. The molecule has 1 aliphatic heterocycles. The summed E-state index contributed by atoms with van der Waals surface area (Å²) < 4.78 is 27.1. The van der Waals surface area contributed by atoms with Crippen LogP contribution in [0.25, 0.3) is 0 Å². The van der Waals surface area contributed by atoms with Crippen molar-refractivity contribution in [2.75, 3.05) is 6.54 Å². The van der Waals surface area contributed by atoms with Gasteiger partial charge in [0.05, 0.1) is 16.0 Å². The van der Waals surface area contributed by atoms with E-state index in [2.05, 4.69) is 26.0 Å². The molecule has 1 fully saturated rings. The van der Waals surface area contributed by atoms with Crippen molar-refractivity contribution in [1.29, 1.82) is 0 Å². The molecule has 1 saturated heterocycles. The molecule has 1 atom stereocenters. The Morgan fingerprint density at radius 3 is 2.68 bits per heavy atom. The molecule has 0 aliphatic carbocycles. The number of carbonyl (C=O) groups is 2. The van der Waals surface area contributed by atoms with Gasteiger partial charge in [0.2, 0.25) is 15.9 Å². The van der Waals surface area contributed by atoms with E-state index in [0.29, 0.717) is 12.8 Å². The number of amides is 1. The Morgan fingerprint density at radius 2 is 2.18 bits per heavy atom. The first-order valence-electron chi connectivity index (χ1n) is 6.46. The molecule has 0 saturated carbocycles. The van der Waals surface area contributed by atoms with E-state index in [9.17, 15) is 18.0 Å². The summed E-state index contributed by atoms with van der Waals surface area (Å²) >= 11 is 3.05. The molecular weight excluding hydrogens is 376 g/mol. The maximum atomic E-state index is 12.3. The standard InChI is InChI=1S/C13H15BrN2O5S/c1-13(5-4-11(17)16-13)7-15-22(20,21)8-2-3-9(12(18)19)10(14)6-8/h2-3,6,15H,4-5,7H2,1H3,(H,16,17)(H,18,19). The van der Waals surface area contributed by atoms with E-state index < -0.39 is 21.5 Å². The second kappa shape index (κ2) is 5.98. The molecule has 0 aromatic heterocycles. The van der Waals surface area contributed by atoms with Crippen LogP contribution in [0, 0.1) is 0 Å². The minimum absolute atomic E-state index is 0.0195. The Labute approximate surface area is 136 Å². The van der Waals surface area contributed by atoms with Crippen LogP contribution in [-0.4, -0.2) is 37.5 Å². The summed E-state index contributed by atoms with van der Waals surface area (Å²) in [6, 6.07) is 3.69. The number of rotatable bonds is 5. The Hall–Kier alpha value is -1.45. The molecule has 1 aromatic rings. The van der Waals surface area contributed by atoms with Crippen molar-refractivity contribution in [3.05, 3.63) is 28.2 Å². The van der Waals surface area contributed by atoms with Crippen LogP contribution >= 0.6 is 15.9 Å². The number of halogens is 1.